The molecule has 35 heavy (non-hydrogen) atoms. The standard InChI is InChI=1S/C25H25F3N4O3/c1-3-35-22(33)16-4-6-24(34,12-16)19-10-18(13-29-14-19)17-8-15(2)9-20(11-17)31-23-30-7-5-21(32-23)25(26,27)28/h5,7-11,13-14,16,34H,3-4,6,12H2,1-2H3,(H,30,31,32). The van der Waals surface area contributed by atoms with Crippen molar-refractivity contribution in [3.05, 3.63) is 65.7 Å². The molecular weight excluding hydrogens is 461 g/mol. The van der Waals surface area contributed by atoms with Gasteiger partial charge in [-0.1, -0.05) is 6.07 Å². The number of aromatic nitrogens is 3. The van der Waals surface area contributed by atoms with Crippen molar-refractivity contribution in [2.45, 2.75) is 44.9 Å². The maximum Gasteiger partial charge on any atom is 0.433 e. The average molecular weight is 486 g/mol. The zero-order chi connectivity index (χ0) is 25.2. The second kappa shape index (κ2) is 9.61. The zero-order valence-corrected chi connectivity index (χ0v) is 19.3. The van der Waals surface area contributed by atoms with E-state index in [0.717, 1.165) is 23.4 Å². The van der Waals surface area contributed by atoms with Gasteiger partial charge in [-0.3, -0.25) is 9.78 Å². The van der Waals surface area contributed by atoms with Crippen LogP contribution in [0.3, 0.4) is 0 Å². The van der Waals surface area contributed by atoms with Crippen LogP contribution < -0.4 is 5.32 Å². The number of ether oxygens (including phenoxy) is 1. The molecule has 3 aromatic rings. The van der Waals surface area contributed by atoms with E-state index >= 15 is 0 Å². The normalized spacial score (nSPS) is 20.0. The molecule has 0 aliphatic heterocycles. The number of nitrogens with zero attached hydrogens (tertiary/aromatic N) is 3. The Morgan fingerprint density at radius 1 is 1.23 bits per heavy atom. The van der Waals surface area contributed by atoms with Crippen LogP contribution in [0.15, 0.2) is 48.9 Å². The van der Waals surface area contributed by atoms with Gasteiger partial charge in [-0.2, -0.15) is 13.2 Å². The second-order valence-electron chi connectivity index (χ2n) is 8.66. The fourth-order valence-corrected chi connectivity index (χ4v) is 4.33. The predicted octanol–water partition coefficient (Wildman–Crippen LogP) is 5.16. The predicted molar refractivity (Wildman–Crippen MR) is 123 cm³/mol. The van der Waals surface area contributed by atoms with Gasteiger partial charge in [-0.05, 0) is 68.5 Å². The highest BCUT2D eigenvalue weighted by Gasteiger charge is 2.42. The summed E-state index contributed by atoms with van der Waals surface area (Å²) in [5.41, 5.74) is 1.18. The van der Waals surface area contributed by atoms with Gasteiger partial charge in [0.15, 0.2) is 0 Å². The van der Waals surface area contributed by atoms with Crippen molar-refractivity contribution in [3.8, 4) is 11.1 Å². The lowest BCUT2D eigenvalue weighted by Crippen LogP contribution is -2.24. The lowest BCUT2D eigenvalue weighted by molar-refractivity contribution is -0.148. The maximum absolute atomic E-state index is 13.0. The third kappa shape index (κ3) is 5.59. The summed E-state index contributed by atoms with van der Waals surface area (Å²) in [6.45, 7) is 3.89. The van der Waals surface area contributed by atoms with Crippen LogP contribution in [-0.4, -0.2) is 32.6 Å². The molecule has 1 aromatic carbocycles. The number of rotatable bonds is 6. The number of esters is 1. The molecule has 0 amide bonds. The molecule has 2 aromatic heterocycles. The molecule has 10 heteroatoms. The monoisotopic (exact) mass is 486 g/mol. The summed E-state index contributed by atoms with van der Waals surface area (Å²) in [5, 5.41) is 14.1. The Balaban J connectivity index is 1.59. The molecule has 2 unspecified atom stereocenters. The van der Waals surface area contributed by atoms with Crippen LogP contribution in [0.25, 0.3) is 11.1 Å². The van der Waals surface area contributed by atoms with E-state index < -0.39 is 17.5 Å². The first-order valence-corrected chi connectivity index (χ1v) is 11.2. The first kappa shape index (κ1) is 24.6. The molecule has 1 saturated carbocycles. The fraction of sp³-hybridized carbons (Fsp3) is 0.360. The highest BCUT2D eigenvalue weighted by Crippen LogP contribution is 2.43. The Morgan fingerprint density at radius 3 is 2.77 bits per heavy atom. The highest BCUT2D eigenvalue weighted by molar-refractivity contribution is 5.73. The van der Waals surface area contributed by atoms with Crippen LogP contribution in [-0.2, 0) is 21.3 Å². The number of aliphatic hydroxyl groups is 1. The summed E-state index contributed by atoms with van der Waals surface area (Å²) in [5.74, 6) is -0.849. The Labute approximate surface area is 200 Å². The molecule has 0 saturated heterocycles. The number of benzene rings is 1. The van der Waals surface area contributed by atoms with Crippen molar-refractivity contribution in [3.63, 3.8) is 0 Å². The van der Waals surface area contributed by atoms with Crippen LogP contribution in [0.2, 0.25) is 0 Å². The number of anilines is 2. The van der Waals surface area contributed by atoms with E-state index in [0.29, 0.717) is 36.3 Å². The van der Waals surface area contributed by atoms with Crippen LogP contribution >= 0.6 is 0 Å². The minimum absolute atomic E-state index is 0.173. The van der Waals surface area contributed by atoms with Gasteiger partial charge in [-0.15, -0.1) is 0 Å². The molecule has 1 fully saturated rings. The number of halogens is 3. The number of aryl methyl sites for hydroxylation is 1. The van der Waals surface area contributed by atoms with Gasteiger partial charge in [0, 0.05) is 35.4 Å². The van der Waals surface area contributed by atoms with E-state index in [4.69, 9.17) is 4.74 Å². The average Bonchev–Trinajstić information content (AvgIpc) is 3.22. The number of nitrogens with one attached hydrogen (secondary N) is 1. The van der Waals surface area contributed by atoms with Gasteiger partial charge in [-0.25, -0.2) is 9.97 Å². The first-order chi connectivity index (χ1) is 16.6. The summed E-state index contributed by atoms with van der Waals surface area (Å²) in [4.78, 5) is 23.9. The van der Waals surface area contributed by atoms with Crippen LogP contribution in [0.4, 0.5) is 24.8 Å². The summed E-state index contributed by atoms with van der Waals surface area (Å²) in [7, 11) is 0. The van der Waals surface area contributed by atoms with Crippen molar-refractivity contribution in [1.82, 2.24) is 15.0 Å². The Hall–Kier alpha value is -3.53. The quantitative estimate of drug-likeness (QED) is 0.465. The van der Waals surface area contributed by atoms with Gasteiger partial charge >= 0.3 is 12.1 Å². The third-order valence-corrected chi connectivity index (χ3v) is 6.00. The Kier molecular flexibility index (Phi) is 6.75. The number of carbonyl (C=O) groups is 1. The molecule has 1 aliphatic carbocycles. The molecule has 4 rings (SSSR count). The number of hydrogen-bond donors (Lipinski definition) is 2. The maximum atomic E-state index is 13.0. The molecule has 184 valence electrons. The Morgan fingerprint density at radius 2 is 2.03 bits per heavy atom. The lowest BCUT2D eigenvalue weighted by Gasteiger charge is -2.23. The number of carbonyl (C=O) groups excluding carboxylic acids is 1. The highest BCUT2D eigenvalue weighted by atomic mass is 19.4. The molecule has 2 heterocycles. The van der Waals surface area contributed by atoms with Crippen molar-refractivity contribution in [1.29, 1.82) is 0 Å². The van der Waals surface area contributed by atoms with E-state index in [1.807, 2.05) is 19.1 Å². The number of alkyl halides is 3. The second-order valence-corrected chi connectivity index (χ2v) is 8.66. The smallest absolute Gasteiger partial charge is 0.433 e. The van der Waals surface area contributed by atoms with Gasteiger partial charge in [0.2, 0.25) is 5.95 Å². The van der Waals surface area contributed by atoms with Crippen LogP contribution in [0.1, 0.15) is 43.0 Å². The first-order valence-electron chi connectivity index (χ1n) is 11.2. The minimum atomic E-state index is -4.57. The summed E-state index contributed by atoms with van der Waals surface area (Å²) in [6, 6.07) is 8.04. The summed E-state index contributed by atoms with van der Waals surface area (Å²) >= 11 is 0. The minimum Gasteiger partial charge on any atom is -0.466 e. The van der Waals surface area contributed by atoms with Crippen molar-refractivity contribution in [2.24, 2.45) is 5.92 Å². The SMILES string of the molecule is CCOC(=O)C1CCC(O)(c2cncc(-c3cc(C)cc(Nc4nccc(C(F)(F)F)n4)c3)c2)C1. The van der Waals surface area contributed by atoms with E-state index in [-0.39, 0.29) is 24.3 Å². The molecule has 0 radical (unpaired) electrons. The molecule has 0 bridgehead atoms. The Bertz CT molecular complexity index is 1230. The molecule has 7 nitrogen and oxygen atoms in total. The van der Waals surface area contributed by atoms with Crippen LogP contribution in [0.5, 0.6) is 0 Å². The van der Waals surface area contributed by atoms with E-state index in [9.17, 15) is 23.1 Å². The number of pyridine rings is 1. The molecular formula is C25H25F3N4O3. The van der Waals surface area contributed by atoms with Gasteiger partial charge in [0.1, 0.15) is 5.69 Å². The lowest BCUT2D eigenvalue weighted by atomic mass is 9.90. The van der Waals surface area contributed by atoms with Gasteiger partial charge in [0.25, 0.3) is 0 Å². The van der Waals surface area contributed by atoms with E-state index in [2.05, 4.69) is 20.3 Å². The van der Waals surface area contributed by atoms with Crippen LogP contribution in [0, 0.1) is 12.8 Å². The number of hydrogen-bond acceptors (Lipinski definition) is 7. The molecule has 2 atom stereocenters. The fourth-order valence-electron chi connectivity index (χ4n) is 4.33. The van der Waals surface area contributed by atoms with Gasteiger partial charge < -0.3 is 15.2 Å². The van der Waals surface area contributed by atoms with Gasteiger partial charge in [0.05, 0.1) is 18.1 Å². The zero-order valence-electron chi connectivity index (χ0n) is 19.3. The third-order valence-electron chi connectivity index (χ3n) is 6.00. The summed E-state index contributed by atoms with van der Waals surface area (Å²) < 4.78 is 44.1. The molecule has 0 spiro atoms. The van der Waals surface area contributed by atoms with Crippen molar-refractivity contribution < 1.29 is 27.8 Å². The van der Waals surface area contributed by atoms with E-state index in [1.165, 1.54) is 0 Å². The van der Waals surface area contributed by atoms with Crippen molar-refractivity contribution >= 4 is 17.6 Å². The molecule has 1 aliphatic rings. The summed E-state index contributed by atoms with van der Waals surface area (Å²) in [6.07, 6.45) is 0.894. The molecule has 2 N–H and O–H groups in total. The topological polar surface area (TPSA) is 97.2 Å². The van der Waals surface area contributed by atoms with Crippen molar-refractivity contribution in [2.75, 3.05) is 11.9 Å². The largest absolute Gasteiger partial charge is 0.466 e. The van der Waals surface area contributed by atoms with E-state index in [1.54, 1.807) is 31.5 Å².